The Bertz CT molecular complexity index is 1390. The van der Waals surface area contributed by atoms with Gasteiger partial charge in [-0.1, -0.05) is 50.9 Å². The standard InChI is InChI=1S/C13H14BrNO2.C12H11BrClNO2.CH4/c1-8(2)15-5-4-10-11(13(16)17-3)6-9(14)7-12(10)15;1-6(2)15-5-9(14)11-8(12(16)17)3-7(13)4-10(11)15;/h4-8H,1-3H3;3-6H,1-2H3,(H,16,17);1H4. The van der Waals surface area contributed by atoms with Gasteiger partial charge in [-0.25, -0.2) is 9.59 Å². The van der Waals surface area contributed by atoms with Gasteiger partial charge in [0.25, 0.3) is 0 Å². The van der Waals surface area contributed by atoms with Crippen molar-refractivity contribution in [1.82, 2.24) is 9.13 Å². The number of carbonyl (C=O) groups is 2. The number of halogens is 3. The fourth-order valence-electron chi connectivity index (χ4n) is 3.86. The molecule has 0 unspecified atom stereocenters. The summed E-state index contributed by atoms with van der Waals surface area (Å²) in [5.41, 5.74) is 2.68. The molecule has 6 nitrogen and oxygen atoms in total. The third-order valence-electron chi connectivity index (χ3n) is 5.40. The maximum absolute atomic E-state index is 11.7. The number of esters is 1. The summed E-state index contributed by atoms with van der Waals surface area (Å²) < 4.78 is 10.5. The van der Waals surface area contributed by atoms with Crippen molar-refractivity contribution in [3.05, 3.63) is 67.8 Å². The quantitative estimate of drug-likeness (QED) is 0.229. The van der Waals surface area contributed by atoms with Gasteiger partial charge in [0.2, 0.25) is 0 Å². The van der Waals surface area contributed by atoms with Gasteiger partial charge in [-0.2, -0.15) is 0 Å². The molecule has 0 saturated heterocycles. The Balaban J connectivity index is 0.000000240. The molecule has 0 radical (unpaired) electrons. The molecule has 0 fully saturated rings. The molecule has 0 saturated carbocycles. The molecule has 2 aromatic heterocycles. The van der Waals surface area contributed by atoms with Crippen LogP contribution in [0.1, 0.15) is 67.9 Å². The first-order chi connectivity index (χ1) is 16.0. The lowest BCUT2D eigenvalue weighted by Gasteiger charge is -2.10. The second-order valence-corrected chi connectivity index (χ2v) is 10.6. The molecule has 4 rings (SSSR count). The molecule has 1 N–H and O–H groups in total. The molecule has 0 bridgehead atoms. The number of methoxy groups -OCH3 is 1. The molecule has 4 aromatic rings. The minimum Gasteiger partial charge on any atom is -0.478 e. The van der Waals surface area contributed by atoms with Gasteiger partial charge in [0.05, 0.1) is 34.3 Å². The second kappa shape index (κ2) is 11.6. The SMILES string of the molecule is C.CC(C)n1cc(Cl)c2c(C(=O)O)cc(Br)cc21.COC(=O)c1cc(Br)cc2c1ccn2C(C)C. The zero-order valence-electron chi connectivity index (χ0n) is 19.4. The molecule has 0 aliphatic heterocycles. The lowest BCUT2D eigenvalue weighted by Crippen LogP contribution is -2.03. The summed E-state index contributed by atoms with van der Waals surface area (Å²) in [6.45, 7) is 8.27. The summed E-state index contributed by atoms with van der Waals surface area (Å²) in [5.74, 6) is -1.28. The first kappa shape index (κ1) is 28.9. The Kier molecular flexibility index (Phi) is 9.62. The molecule has 0 amide bonds. The van der Waals surface area contributed by atoms with Gasteiger partial charge in [-0.15, -0.1) is 0 Å². The average Bonchev–Trinajstić information content (AvgIpc) is 3.33. The van der Waals surface area contributed by atoms with Crippen LogP contribution in [-0.2, 0) is 4.74 Å². The Labute approximate surface area is 227 Å². The van der Waals surface area contributed by atoms with Crippen LogP contribution < -0.4 is 0 Å². The summed E-state index contributed by atoms with van der Waals surface area (Å²) in [7, 11) is 1.40. The number of rotatable bonds is 4. The van der Waals surface area contributed by atoms with Crippen LogP contribution in [0, 0.1) is 0 Å². The minimum atomic E-state index is -0.972. The normalized spacial score (nSPS) is 10.9. The fraction of sp³-hybridized carbons (Fsp3) is 0.308. The monoisotopic (exact) mass is 626 g/mol. The van der Waals surface area contributed by atoms with E-state index < -0.39 is 5.97 Å². The predicted octanol–water partition coefficient (Wildman–Crippen LogP) is 8.74. The van der Waals surface area contributed by atoms with E-state index in [4.69, 9.17) is 16.3 Å². The Morgan fingerprint density at radius 3 is 2.00 bits per heavy atom. The number of aromatic nitrogens is 2. The minimum absolute atomic E-state index is 0. The van der Waals surface area contributed by atoms with Crippen molar-refractivity contribution in [1.29, 1.82) is 0 Å². The molecular formula is C26H29Br2ClN2O4. The molecule has 0 spiro atoms. The van der Waals surface area contributed by atoms with E-state index in [-0.39, 0.29) is 25.0 Å². The van der Waals surface area contributed by atoms with Gasteiger partial charge in [-0.05, 0) is 58.0 Å². The van der Waals surface area contributed by atoms with Gasteiger partial charge in [0, 0.05) is 44.2 Å². The van der Waals surface area contributed by atoms with E-state index in [1.807, 2.05) is 42.8 Å². The van der Waals surface area contributed by atoms with Crippen molar-refractivity contribution >= 4 is 77.2 Å². The maximum Gasteiger partial charge on any atom is 0.338 e. The van der Waals surface area contributed by atoms with E-state index in [9.17, 15) is 14.7 Å². The molecule has 2 aromatic carbocycles. The largest absolute Gasteiger partial charge is 0.478 e. The van der Waals surface area contributed by atoms with Crippen LogP contribution in [0.2, 0.25) is 5.02 Å². The number of carboxylic acid groups (broad SMARTS) is 1. The summed E-state index contributed by atoms with van der Waals surface area (Å²) in [5, 5.41) is 11.2. The highest BCUT2D eigenvalue weighted by Crippen LogP contribution is 2.34. The summed E-state index contributed by atoms with van der Waals surface area (Å²) in [6, 6.07) is 9.79. The van der Waals surface area contributed by atoms with E-state index in [0.29, 0.717) is 22.0 Å². The van der Waals surface area contributed by atoms with Crippen molar-refractivity contribution in [3.63, 3.8) is 0 Å². The number of carboxylic acids is 1. The molecule has 0 aliphatic rings. The molecule has 35 heavy (non-hydrogen) atoms. The van der Waals surface area contributed by atoms with E-state index in [1.54, 1.807) is 18.3 Å². The van der Waals surface area contributed by atoms with Crippen molar-refractivity contribution in [2.24, 2.45) is 0 Å². The number of fused-ring (bicyclic) bond motifs is 2. The smallest absolute Gasteiger partial charge is 0.338 e. The molecule has 9 heteroatoms. The van der Waals surface area contributed by atoms with E-state index in [1.165, 1.54) is 7.11 Å². The van der Waals surface area contributed by atoms with Crippen LogP contribution in [-0.4, -0.2) is 33.3 Å². The number of nitrogens with zero attached hydrogens (tertiary/aromatic N) is 2. The second-order valence-electron chi connectivity index (χ2n) is 8.33. The van der Waals surface area contributed by atoms with Crippen molar-refractivity contribution in [3.8, 4) is 0 Å². The molecule has 0 aliphatic carbocycles. The van der Waals surface area contributed by atoms with Crippen LogP contribution in [0.5, 0.6) is 0 Å². The number of hydrogen-bond donors (Lipinski definition) is 1. The highest BCUT2D eigenvalue weighted by molar-refractivity contribution is 9.10. The number of ether oxygens (including phenoxy) is 1. The number of aromatic carboxylic acids is 1. The molecule has 2 heterocycles. The number of hydrogen-bond acceptors (Lipinski definition) is 3. The van der Waals surface area contributed by atoms with Crippen LogP contribution in [0.3, 0.4) is 0 Å². The third-order valence-corrected chi connectivity index (χ3v) is 6.61. The van der Waals surface area contributed by atoms with E-state index in [0.717, 1.165) is 25.4 Å². The lowest BCUT2D eigenvalue weighted by molar-refractivity contribution is 0.0602. The van der Waals surface area contributed by atoms with E-state index >= 15 is 0 Å². The first-order valence-electron chi connectivity index (χ1n) is 10.6. The fourth-order valence-corrected chi connectivity index (χ4v) is 5.05. The van der Waals surface area contributed by atoms with Crippen molar-refractivity contribution in [2.45, 2.75) is 47.2 Å². The Morgan fingerprint density at radius 1 is 0.943 bits per heavy atom. The topological polar surface area (TPSA) is 73.5 Å². The van der Waals surface area contributed by atoms with Crippen LogP contribution in [0.15, 0.2) is 51.7 Å². The third kappa shape index (κ3) is 5.93. The molecule has 0 atom stereocenters. The van der Waals surface area contributed by atoms with Gasteiger partial charge < -0.3 is 19.0 Å². The zero-order valence-corrected chi connectivity index (χ0v) is 23.3. The van der Waals surface area contributed by atoms with Crippen LogP contribution in [0.4, 0.5) is 0 Å². The summed E-state index contributed by atoms with van der Waals surface area (Å²) in [6.07, 6.45) is 3.77. The lowest BCUT2D eigenvalue weighted by atomic mass is 10.1. The van der Waals surface area contributed by atoms with E-state index in [2.05, 4.69) is 50.3 Å². The van der Waals surface area contributed by atoms with Crippen molar-refractivity contribution in [2.75, 3.05) is 7.11 Å². The zero-order chi connectivity index (χ0) is 25.3. The van der Waals surface area contributed by atoms with Gasteiger partial charge in [0.15, 0.2) is 0 Å². The predicted molar refractivity (Wildman–Crippen MR) is 150 cm³/mol. The highest BCUT2D eigenvalue weighted by atomic mass is 79.9. The van der Waals surface area contributed by atoms with Crippen LogP contribution in [0.25, 0.3) is 21.8 Å². The highest BCUT2D eigenvalue weighted by Gasteiger charge is 2.18. The number of benzene rings is 2. The Hall–Kier alpha value is -2.29. The average molecular weight is 629 g/mol. The van der Waals surface area contributed by atoms with Crippen molar-refractivity contribution < 1.29 is 19.4 Å². The number of carbonyl (C=O) groups excluding carboxylic acids is 1. The molecular weight excluding hydrogens is 600 g/mol. The summed E-state index contributed by atoms with van der Waals surface area (Å²) in [4.78, 5) is 22.9. The van der Waals surface area contributed by atoms with Crippen LogP contribution >= 0.6 is 43.5 Å². The van der Waals surface area contributed by atoms with Gasteiger partial charge >= 0.3 is 11.9 Å². The Morgan fingerprint density at radius 2 is 1.49 bits per heavy atom. The summed E-state index contributed by atoms with van der Waals surface area (Å²) >= 11 is 12.9. The van der Waals surface area contributed by atoms with Gasteiger partial charge in [0.1, 0.15) is 0 Å². The first-order valence-corrected chi connectivity index (χ1v) is 12.5. The van der Waals surface area contributed by atoms with Gasteiger partial charge in [-0.3, -0.25) is 0 Å². The molecule has 188 valence electrons. The maximum atomic E-state index is 11.7.